The number of phenols is 1. The second-order valence-electron chi connectivity index (χ2n) is 9.74. The van der Waals surface area contributed by atoms with Crippen LogP contribution >= 0.6 is 0 Å². The zero-order valence-corrected chi connectivity index (χ0v) is 23.5. The van der Waals surface area contributed by atoms with E-state index in [9.17, 15) is 34.2 Å². The quantitative estimate of drug-likeness (QED) is 0.0419. The summed E-state index contributed by atoms with van der Waals surface area (Å²) in [7, 11) is 0. The molecular formula is C26H43N9O7. The van der Waals surface area contributed by atoms with E-state index < -0.39 is 53.8 Å². The minimum atomic E-state index is -1.28. The second kappa shape index (κ2) is 18.8. The van der Waals surface area contributed by atoms with Crippen LogP contribution in [0.1, 0.15) is 50.5 Å². The summed E-state index contributed by atoms with van der Waals surface area (Å²) in [5.41, 5.74) is 28.0. The molecule has 16 heteroatoms. The Hall–Kier alpha value is -4.44. The van der Waals surface area contributed by atoms with Crippen molar-refractivity contribution in [2.24, 2.45) is 33.7 Å². The molecule has 234 valence electrons. The topological polar surface area (TPSA) is 304 Å². The van der Waals surface area contributed by atoms with Crippen molar-refractivity contribution in [3.8, 4) is 5.75 Å². The van der Waals surface area contributed by atoms with E-state index in [4.69, 9.17) is 28.7 Å². The highest BCUT2D eigenvalue weighted by atomic mass is 16.4. The zero-order chi connectivity index (χ0) is 31.7. The molecule has 0 heterocycles. The Kier molecular flexibility index (Phi) is 15.9. The molecule has 0 fully saturated rings. The number of phenolic OH excluding ortho intramolecular Hbond substituents is 1. The maximum Gasteiger partial charge on any atom is 0.326 e. The van der Waals surface area contributed by atoms with Gasteiger partial charge >= 0.3 is 5.97 Å². The highest BCUT2D eigenvalue weighted by Gasteiger charge is 2.30. The van der Waals surface area contributed by atoms with Crippen LogP contribution in [0.5, 0.6) is 5.75 Å². The van der Waals surface area contributed by atoms with E-state index in [0.29, 0.717) is 24.9 Å². The van der Waals surface area contributed by atoms with E-state index in [1.807, 2.05) is 0 Å². The predicted octanol–water partition coefficient (Wildman–Crippen LogP) is -2.75. The van der Waals surface area contributed by atoms with E-state index in [0.717, 1.165) is 0 Å². The monoisotopic (exact) mass is 593 g/mol. The molecule has 1 rings (SSSR count). The highest BCUT2D eigenvalue weighted by molar-refractivity contribution is 5.94. The van der Waals surface area contributed by atoms with Crippen molar-refractivity contribution in [1.29, 1.82) is 0 Å². The van der Waals surface area contributed by atoms with Crippen molar-refractivity contribution in [2.45, 2.75) is 75.5 Å². The number of primary amides is 1. The molecule has 4 unspecified atom stereocenters. The molecule has 0 bridgehead atoms. The molecule has 0 aliphatic heterocycles. The van der Waals surface area contributed by atoms with Gasteiger partial charge in [0.1, 0.15) is 23.9 Å². The largest absolute Gasteiger partial charge is 0.508 e. The smallest absolute Gasteiger partial charge is 0.326 e. The standard InChI is InChI=1S/C26H43N9O7/c27-12-2-1-4-18(23(39)35-20(25(41)42)5-3-13-32-26(30)31)34-24(40)19(10-11-21(29)37)33-22(38)17(28)14-15-6-8-16(36)9-7-15/h6-9,17-20,36H,1-5,10-14,27-28H2,(H2,29,37)(H,33,38)(H,34,40)(H,35,39)(H,41,42)(H4,30,31,32). The number of hydrogen-bond donors (Lipinski definition) is 10. The highest BCUT2D eigenvalue weighted by Crippen LogP contribution is 2.11. The van der Waals surface area contributed by atoms with Gasteiger partial charge in [-0.1, -0.05) is 12.1 Å². The number of hydrogen-bond acceptors (Lipinski definition) is 9. The number of nitrogens with zero attached hydrogens (tertiary/aromatic N) is 1. The number of nitrogens with two attached hydrogens (primary N) is 5. The first-order valence-electron chi connectivity index (χ1n) is 13.5. The molecule has 16 nitrogen and oxygen atoms in total. The van der Waals surface area contributed by atoms with E-state index in [1.165, 1.54) is 12.1 Å². The molecule has 4 atom stereocenters. The lowest BCUT2D eigenvalue weighted by Crippen LogP contribution is -2.57. The Labute approximate surface area is 243 Å². The first kappa shape index (κ1) is 35.6. The number of benzene rings is 1. The minimum Gasteiger partial charge on any atom is -0.508 e. The van der Waals surface area contributed by atoms with Gasteiger partial charge in [-0.2, -0.15) is 0 Å². The average Bonchev–Trinajstić information content (AvgIpc) is 2.92. The maximum atomic E-state index is 13.2. The summed E-state index contributed by atoms with van der Waals surface area (Å²) < 4.78 is 0. The fourth-order valence-corrected chi connectivity index (χ4v) is 3.88. The Morgan fingerprint density at radius 1 is 0.786 bits per heavy atom. The van der Waals surface area contributed by atoms with E-state index in [-0.39, 0.29) is 56.8 Å². The summed E-state index contributed by atoms with van der Waals surface area (Å²) in [5.74, 6) is -4.32. The van der Waals surface area contributed by atoms with Gasteiger partial charge < -0.3 is 54.8 Å². The van der Waals surface area contributed by atoms with Gasteiger partial charge in [0, 0.05) is 13.0 Å². The van der Waals surface area contributed by atoms with Crippen LogP contribution in [-0.2, 0) is 30.4 Å². The van der Waals surface area contributed by atoms with Crippen LogP contribution in [0.15, 0.2) is 29.3 Å². The Morgan fingerprint density at radius 3 is 1.88 bits per heavy atom. The molecule has 0 saturated heterocycles. The number of rotatable bonds is 20. The molecule has 0 saturated carbocycles. The molecule has 1 aromatic carbocycles. The molecule has 0 radical (unpaired) electrons. The van der Waals surface area contributed by atoms with Crippen LogP contribution < -0.4 is 44.6 Å². The van der Waals surface area contributed by atoms with Crippen LogP contribution in [0, 0.1) is 0 Å². The van der Waals surface area contributed by atoms with Crippen LogP contribution in [0.25, 0.3) is 0 Å². The maximum absolute atomic E-state index is 13.2. The van der Waals surface area contributed by atoms with Crippen molar-refractivity contribution in [1.82, 2.24) is 16.0 Å². The molecule has 0 aromatic heterocycles. The fraction of sp³-hybridized carbons (Fsp3) is 0.538. The number of carboxylic acid groups (broad SMARTS) is 1. The molecule has 42 heavy (non-hydrogen) atoms. The first-order valence-corrected chi connectivity index (χ1v) is 13.5. The molecule has 1 aromatic rings. The van der Waals surface area contributed by atoms with Crippen molar-refractivity contribution in [2.75, 3.05) is 13.1 Å². The number of nitrogens with one attached hydrogen (secondary N) is 3. The van der Waals surface area contributed by atoms with Crippen LogP contribution in [-0.4, -0.2) is 83.0 Å². The number of guanidine groups is 1. The number of carbonyl (C=O) groups excluding carboxylic acids is 4. The van der Waals surface area contributed by atoms with Gasteiger partial charge in [-0.05, 0) is 69.2 Å². The predicted molar refractivity (Wildman–Crippen MR) is 154 cm³/mol. The molecule has 4 amide bonds. The normalized spacial score (nSPS) is 13.6. The molecular weight excluding hydrogens is 550 g/mol. The number of aliphatic carboxylic acids is 1. The first-order chi connectivity index (χ1) is 19.8. The Bertz CT molecular complexity index is 1080. The van der Waals surface area contributed by atoms with Gasteiger partial charge in [-0.25, -0.2) is 4.79 Å². The summed E-state index contributed by atoms with van der Waals surface area (Å²) >= 11 is 0. The van der Waals surface area contributed by atoms with E-state index in [1.54, 1.807) is 12.1 Å². The Balaban J connectivity index is 2.99. The van der Waals surface area contributed by atoms with Gasteiger partial charge in [0.05, 0.1) is 6.04 Å². The Morgan fingerprint density at radius 2 is 1.33 bits per heavy atom. The number of unbranched alkanes of at least 4 members (excludes halogenated alkanes) is 1. The summed E-state index contributed by atoms with van der Waals surface area (Å²) in [4.78, 5) is 66.1. The van der Waals surface area contributed by atoms with Crippen molar-refractivity contribution in [3.05, 3.63) is 29.8 Å². The summed E-state index contributed by atoms with van der Waals surface area (Å²) in [6.45, 7) is 0.496. The van der Waals surface area contributed by atoms with Gasteiger partial charge in [0.15, 0.2) is 5.96 Å². The number of aliphatic imine (C=N–C) groups is 1. The molecule has 15 N–H and O–H groups in total. The average molecular weight is 594 g/mol. The van der Waals surface area contributed by atoms with Gasteiger partial charge in [0.2, 0.25) is 23.6 Å². The minimum absolute atomic E-state index is 0.0253. The third-order valence-corrected chi connectivity index (χ3v) is 6.18. The SMILES string of the molecule is NCCCCC(NC(=O)C(CCC(N)=O)NC(=O)C(N)Cc1ccc(O)cc1)C(=O)NC(CCCN=C(N)N)C(=O)O. The van der Waals surface area contributed by atoms with Crippen LogP contribution in [0.4, 0.5) is 0 Å². The molecule has 0 aliphatic carbocycles. The van der Waals surface area contributed by atoms with Gasteiger partial charge in [0.25, 0.3) is 0 Å². The van der Waals surface area contributed by atoms with Crippen LogP contribution in [0.3, 0.4) is 0 Å². The van der Waals surface area contributed by atoms with Crippen molar-refractivity contribution >= 4 is 35.6 Å². The summed E-state index contributed by atoms with van der Waals surface area (Å²) in [6.07, 6.45) is 1.08. The lowest BCUT2D eigenvalue weighted by Gasteiger charge is -2.25. The van der Waals surface area contributed by atoms with Crippen molar-refractivity contribution < 1.29 is 34.2 Å². The van der Waals surface area contributed by atoms with E-state index >= 15 is 0 Å². The molecule has 0 aliphatic rings. The molecule has 0 spiro atoms. The number of carbonyl (C=O) groups is 5. The third kappa shape index (κ3) is 14.3. The third-order valence-electron chi connectivity index (χ3n) is 6.18. The lowest BCUT2D eigenvalue weighted by molar-refractivity contribution is -0.142. The zero-order valence-electron chi connectivity index (χ0n) is 23.5. The number of amides is 4. The fourth-order valence-electron chi connectivity index (χ4n) is 3.88. The summed E-state index contributed by atoms with van der Waals surface area (Å²) in [6, 6.07) is 1.29. The number of carboxylic acids is 1. The van der Waals surface area contributed by atoms with Crippen molar-refractivity contribution in [3.63, 3.8) is 0 Å². The van der Waals surface area contributed by atoms with E-state index in [2.05, 4.69) is 20.9 Å². The second-order valence-corrected chi connectivity index (χ2v) is 9.74. The van der Waals surface area contributed by atoms with Gasteiger partial charge in [-0.3, -0.25) is 24.2 Å². The number of aromatic hydroxyl groups is 1. The summed E-state index contributed by atoms with van der Waals surface area (Å²) in [5, 5.41) is 26.5. The lowest BCUT2D eigenvalue weighted by atomic mass is 10.0. The van der Waals surface area contributed by atoms with Gasteiger partial charge in [-0.15, -0.1) is 0 Å². The van der Waals surface area contributed by atoms with Crippen LogP contribution in [0.2, 0.25) is 0 Å².